The lowest BCUT2D eigenvalue weighted by Crippen LogP contribution is -2.42. The summed E-state index contributed by atoms with van der Waals surface area (Å²) in [6, 6.07) is 1.06. The number of hydrogen-bond acceptors (Lipinski definition) is 6. The zero-order valence-electron chi connectivity index (χ0n) is 17.3. The molecule has 0 bridgehead atoms. The van der Waals surface area contributed by atoms with Crippen LogP contribution in [0.3, 0.4) is 0 Å². The Morgan fingerprint density at radius 3 is 2.87 bits per heavy atom. The Morgan fingerprint density at radius 1 is 1.39 bits per heavy atom. The van der Waals surface area contributed by atoms with Gasteiger partial charge in [-0.15, -0.1) is 0 Å². The molecule has 1 aliphatic heterocycles. The number of alkyl halides is 3. The molecule has 1 aliphatic rings. The molecule has 4 rings (SSSR count). The van der Waals surface area contributed by atoms with Crippen molar-refractivity contribution < 1.29 is 22.5 Å². The molecule has 166 valence electrons. The molecule has 0 aliphatic carbocycles. The number of aromatic nitrogens is 5. The van der Waals surface area contributed by atoms with Gasteiger partial charge in [0.1, 0.15) is 12.7 Å². The minimum Gasteiger partial charge on any atom is -0.342 e. The van der Waals surface area contributed by atoms with Crippen LogP contribution in [0, 0.1) is 5.92 Å². The molecule has 0 N–H and O–H groups in total. The number of fused-ring (bicyclic) bond motifs is 1. The van der Waals surface area contributed by atoms with E-state index in [9.17, 15) is 18.0 Å². The molecule has 31 heavy (non-hydrogen) atoms. The van der Waals surface area contributed by atoms with E-state index in [-0.39, 0.29) is 41.1 Å². The van der Waals surface area contributed by atoms with Gasteiger partial charge in [0, 0.05) is 24.7 Å². The number of nitrogens with zero attached hydrogens (tertiary/aromatic N) is 6. The summed E-state index contributed by atoms with van der Waals surface area (Å²) < 4.78 is 48.1. The predicted octanol–water partition coefficient (Wildman–Crippen LogP) is 3.44. The number of likely N-dealkylation sites (tertiary alicyclic amines) is 1. The first-order chi connectivity index (χ1) is 14.8. The highest BCUT2D eigenvalue weighted by atomic mass is 19.4. The van der Waals surface area contributed by atoms with Crippen LogP contribution in [0.1, 0.15) is 49.6 Å². The Morgan fingerprint density at radius 2 is 2.19 bits per heavy atom. The first-order valence-corrected chi connectivity index (χ1v) is 10.3. The quantitative estimate of drug-likeness (QED) is 0.609. The van der Waals surface area contributed by atoms with Crippen LogP contribution in [0.25, 0.3) is 11.1 Å². The van der Waals surface area contributed by atoms with E-state index < -0.39 is 11.7 Å². The van der Waals surface area contributed by atoms with Crippen molar-refractivity contribution in [3.8, 4) is 0 Å². The van der Waals surface area contributed by atoms with Crippen molar-refractivity contribution in [2.75, 3.05) is 13.1 Å². The SMILES string of the molecule is CCc1cc(C(F)(F)F)c2c(C3CCCN(C(=O)C(C)Cn4cncn4)C3)noc2n1. The molecule has 0 spiro atoms. The smallest absolute Gasteiger partial charge is 0.342 e. The molecule has 0 saturated carbocycles. The van der Waals surface area contributed by atoms with Crippen molar-refractivity contribution in [3.63, 3.8) is 0 Å². The lowest BCUT2D eigenvalue weighted by molar-refractivity contribution is -0.137. The maximum atomic E-state index is 13.8. The average molecular weight is 436 g/mol. The third-order valence-electron chi connectivity index (χ3n) is 5.66. The summed E-state index contributed by atoms with van der Waals surface area (Å²) in [7, 11) is 0. The summed E-state index contributed by atoms with van der Waals surface area (Å²) >= 11 is 0. The molecule has 1 amide bonds. The molecule has 0 aromatic carbocycles. The molecule has 1 saturated heterocycles. The van der Waals surface area contributed by atoms with Gasteiger partial charge in [0.25, 0.3) is 5.71 Å². The van der Waals surface area contributed by atoms with Crippen LogP contribution in [0.15, 0.2) is 23.2 Å². The van der Waals surface area contributed by atoms with Crippen LogP contribution in [0.5, 0.6) is 0 Å². The molecule has 2 atom stereocenters. The zero-order valence-corrected chi connectivity index (χ0v) is 17.3. The van der Waals surface area contributed by atoms with Gasteiger partial charge in [-0.05, 0) is 25.3 Å². The Hall–Kier alpha value is -2.98. The Labute approximate surface area is 176 Å². The number of carbonyl (C=O) groups excluding carboxylic acids is 1. The van der Waals surface area contributed by atoms with Gasteiger partial charge < -0.3 is 9.42 Å². The number of aryl methyl sites for hydroxylation is 1. The molecular formula is C20H23F3N6O2. The van der Waals surface area contributed by atoms with Crippen LogP contribution in [0.2, 0.25) is 0 Å². The minimum atomic E-state index is -4.55. The summed E-state index contributed by atoms with van der Waals surface area (Å²) in [4.78, 5) is 22.7. The van der Waals surface area contributed by atoms with E-state index in [4.69, 9.17) is 4.52 Å². The normalized spacial score (nSPS) is 18.5. The molecule has 11 heteroatoms. The molecule has 1 fully saturated rings. The van der Waals surface area contributed by atoms with Crippen molar-refractivity contribution in [3.05, 3.63) is 35.7 Å². The van der Waals surface area contributed by atoms with Crippen molar-refractivity contribution in [1.82, 2.24) is 29.8 Å². The molecule has 2 unspecified atom stereocenters. The summed E-state index contributed by atoms with van der Waals surface area (Å²) in [6.07, 6.45) is 0.0330. The highest BCUT2D eigenvalue weighted by Crippen LogP contribution is 2.40. The zero-order chi connectivity index (χ0) is 22.2. The number of carbonyl (C=O) groups is 1. The summed E-state index contributed by atoms with van der Waals surface area (Å²) in [5.74, 6) is -0.766. The number of halogens is 3. The molecule has 0 radical (unpaired) electrons. The first-order valence-electron chi connectivity index (χ1n) is 10.3. The van der Waals surface area contributed by atoms with Crippen LogP contribution in [-0.2, 0) is 23.9 Å². The summed E-state index contributed by atoms with van der Waals surface area (Å²) in [5.41, 5.74) is -0.373. The van der Waals surface area contributed by atoms with Crippen molar-refractivity contribution >= 4 is 17.0 Å². The standard InChI is InChI=1S/C20H23F3N6O2/c1-3-14-7-15(20(21,22)23)16-17(27-31-18(16)26-14)13-5-4-6-28(9-13)19(30)12(2)8-29-11-24-10-25-29/h7,10-13H,3-6,8-9H2,1-2H3. The van der Waals surface area contributed by atoms with E-state index in [0.717, 1.165) is 6.07 Å². The van der Waals surface area contributed by atoms with Crippen molar-refractivity contribution in [1.29, 1.82) is 0 Å². The van der Waals surface area contributed by atoms with Crippen LogP contribution in [-0.4, -0.2) is 48.8 Å². The van der Waals surface area contributed by atoms with E-state index in [2.05, 4.69) is 20.2 Å². The number of rotatable bonds is 5. The maximum absolute atomic E-state index is 13.8. The highest BCUT2D eigenvalue weighted by Gasteiger charge is 2.38. The second-order valence-corrected chi connectivity index (χ2v) is 7.90. The number of piperidine rings is 1. The molecule has 3 aromatic rings. The lowest BCUT2D eigenvalue weighted by Gasteiger charge is -2.33. The predicted molar refractivity (Wildman–Crippen MR) is 104 cm³/mol. The van der Waals surface area contributed by atoms with Gasteiger partial charge in [-0.3, -0.25) is 9.48 Å². The van der Waals surface area contributed by atoms with Crippen molar-refractivity contribution in [2.45, 2.75) is 51.7 Å². The van der Waals surface area contributed by atoms with Crippen LogP contribution in [0.4, 0.5) is 13.2 Å². The Kier molecular flexibility index (Phi) is 5.67. The highest BCUT2D eigenvalue weighted by molar-refractivity contribution is 5.82. The van der Waals surface area contributed by atoms with Gasteiger partial charge in [-0.1, -0.05) is 19.0 Å². The maximum Gasteiger partial charge on any atom is 0.417 e. The largest absolute Gasteiger partial charge is 0.417 e. The Balaban J connectivity index is 1.60. The fourth-order valence-corrected chi connectivity index (χ4v) is 4.11. The van der Waals surface area contributed by atoms with E-state index in [1.807, 2.05) is 0 Å². The average Bonchev–Trinajstić information content (AvgIpc) is 3.41. The third kappa shape index (κ3) is 4.26. The van der Waals surface area contributed by atoms with E-state index in [1.165, 1.54) is 6.33 Å². The van der Waals surface area contributed by atoms with E-state index >= 15 is 0 Å². The number of hydrogen-bond donors (Lipinski definition) is 0. The minimum absolute atomic E-state index is 0.0737. The van der Waals surface area contributed by atoms with Gasteiger partial charge in [-0.25, -0.2) is 9.97 Å². The molecular weight excluding hydrogens is 413 g/mol. The van der Waals surface area contributed by atoms with Gasteiger partial charge in [0.05, 0.1) is 29.1 Å². The van der Waals surface area contributed by atoms with Gasteiger partial charge in [0.15, 0.2) is 0 Å². The summed E-state index contributed by atoms with van der Waals surface area (Å²) in [5, 5.41) is 7.89. The third-order valence-corrected chi connectivity index (χ3v) is 5.66. The monoisotopic (exact) mass is 436 g/mol. The van der Waals surface area contributed by atoms with Gasteiger partial charge >= 0.3 is 6.18 Å². The molecule has 3 aromatic heterocycles. The molecule has 8 nitrogen and oxygen atoms in total. The van der Waals surface area contributed by atoms with Crippen LogP contribution < -0.4 is 0 Å². The molecule has 4 heterocycles. The van der Waals surface area contributed by atoms with Gasteiger partial charge in [0.2, 0.25) is 5.91 Å². The topological polar surface area (TPSA) is 89.9 Å². The van der Waals surface area contributed by atoms with E-state index in [0.29, 0.717) is 38.0 Å². The second-order valence-electron chi connectivity index (χ2n) is 7.90. The van der Waals surface area contributed by atoms with Crippen LogP contribution >= 0.6 is 0 Å². The Bertz CT molecular complexity index is 1060. The summed E-state index contributed by atoms with van der Waals surface area (Å²) in [6.45, 7) is 4.76. The van der Waals surface area contributed by atoms with Crippen molar-refractivity contribution in [2.24, 2.45) is 5.92 Å². The van der Waals surface area contributed by atoms with Gasteiger partial charge in [-0.2, -0.15) is 18.3 Å². The van der Waals surface area contributed by atoms with E-state index in [1.54, 1.807) is 29.8 Å². The first kappa shape index (κ1) is 21.3. The fraction of sp³-hybridized carbons (Fsp3) is 0.550. The number of pyridine rings is 1. The second kappa shape index (κ2) is 8.27. The lowest BCUT2D eigenvalue weighted by atomic mass is 9.91. The fourth-order valence-electron chi connectivity index (χ4n) is 4.11. The number of amides is 1.